The Balaban J connectivity index is 1.20. The van der Waals surface area contributed by atoms with Crippen molar-refractivity contribution in [3.05, 3.63) is 96.1 Å². The van der Waals surface area contributed by atoms with E-state index in [1.807, 2.05) is 0 Å². The molecule has 4 heterocycles. The van der Waals surface area contributed by atoms with E-state index in [0.717, 1.165) is 12.1 Å². The number of urea groups is 1. The van der Waals surface area contributed by atoms with Crippen molar-refractivity contribution in [2.24, 2.45) is 0 Å². The van der Waals surface area contributed by atoms with Gasteiger partial charge in [0.05, 0.1) is 22.7 Å². The lowest BCUT2D eigenvalue weighted by Gasteiger charge is -2.35. The summed E-state index contributed by atoms with van der Waals surface area (Å²) in [6, 6.07) is 17.9. The molecule has 6 aromatic rings. The van der Waals surface area contributed by atoms with Crippen LogP contribution in [0.5, 0.6) is 11.5 Å². The molecule has 0 spiro atoms. The average molecular weight is 839 g/mol. The minimum atomic E-state index is -5.03. The first-order valence-electron chi connectivity index (χ1n) is 16.1. The molecular formula is C35H26N4O13S4. The van der Waals surface area contributed by atoms with Gasteiger partial charge in [0.1, 0.15) is 31.0 Å². The van der Waals surface area contributed by atoms with Crippen LogP contribution in [0.25, 0.3) is 21.5 Å². The molecule has 0 fully saturated rings. The van der Waals surface area contributed by atoms with Crippen molar-refractivity contribution in [1.29, 1.82) is 0 Å². The Hall–Kier alpha value is -5.97. The lowest BCUT2D eigenvalue weighted by molar-refractivity contribution is 0.262. The van der Waals surface area contributed by atoms with E-state index < -0.39 is 88.8 Å². The fourth-order valence-electron chi connectivity index (χ4n) is 7.12. The second kappa shape index (κ2) is 12.0. The first-order chi connectivity index (χ1) is 26.2. The van der Waals surface area contributed by atoms with Crippen LogP contribution < -0.4 is 19.2 Å². The summed E-state index contributed by atoms with van der Waals surface area (Å²) in [5.74, 6) is -2.08. The quantitative estimate of drug-likeness (QED) is 0.108. The van der Waals surface area contributed by atoms with Crippen molar-refractivity contribution < 1.29 is 57.8 Å². The minimum Gasteiger partial charge on any atom is -0.504 e. The van der Waals surface area contributed by atoms with Gasteiger partial charge in [-0.3, -0.25) is 9.11 Å². The smallest absolute Gasteiger partial charge is 0.323 e. The number of sulfonamides is 2. The highest BCUT2D eigenvalue weighted by molar-refractivity contribution is 7.94. The van der Waals surface area contributed by atoms with Crippen molar-refractivity contribution in [1.82, 2.24) is 0 Å². The van der Waals surface area contributed by atoms with Crippen LogP contribution >= 0.6 is 0 Å². The highest BCUT2D eigenvalue weighted by atomic mass is 32.2. The standard InChI is InChI=1S/C35H26N4O13S4/c1-17-23-11-13-25(53(43,44)38(23)31-21-9-5-3-7-19(21)15-27(33(31)40)55(47,48)49)29(17)36-35(42)37-30-18(2)24-12-14-26(30)54(45,46)39(24)32-22-10-6-4-8-20(22)16-28(34(32)41)56(50,51)52/h3-16,40-41H,1-2H3,(H2,36,37,42)(H,47,48,49)(H,50,51,52). The van der Waals surface area contributed by atoms with Gasteiger partial charge in [-0.05, 0) is 72.1 Å². The molecule has 0 unspecified atom stereocenters. The summed E-state index contributed by atoms with van der Waals surface area (Å²) in [6.07, 6.45) is 0. The molecular weight excluding hydrogens is 813 g/mol. The summed E-state index contributed by atoms with van der Waals surface area (Å²) in [6.45, 7) is 2.89. The Morgan fingerprint density at radius 2 is 0.946 bits per heavy atom. The van der Waals surface area contributed by atoms with Crippen molar-refractivity contribution >= 4 is 102 Å². The Labute approximate surface area is 318 Å². The van der Waals surface area contributed by atoms with Gasteiger partial charge in [-0.15, -0.1) is 0 Å². The Morgan fingerprint density at radius 1 is 0.589 bits per heavy atom. The molecule has 4 aliphatic rings. The van der Waals surface area contributed by atoms with E-state index in [1.165, 1.54) is 74.5 Å². The number of carbonyl (C=O) groups excluding carboxylic acids is 1. The molecule has 6 N–H and O–H groups in total. The predicted octanol–water partition coefficient (Wildman–Crippen LogP) is 5.84. The van der Waals surface area contributed by atoms with Gasteiger partial charge in [0.15, 0.2) is 11.5 Å². The van der Waals surface area contributed by atoms with Crippen LogP contribution in [0.4, 0.5) is 38.9 Å². The molecule has 4 bridgehead atoms. The first-order valence-corrected chi connectivity index (χ1v) is 21.8. The zero-order valence-electron chi connectivity index (χ0n) is 28.6. The van der Waals surface area contributed by atoms with Crippen LogP contribution in [0.1, 0.15) is 11.1 Å². The largest absolute Gasteiger partial charge is 0.504 e. The molecule has 0 saturated heterocycles. The van der Waals surface area contributed by atoms with Crippen molar-refractivity contribution in [3.63, 3.8) is 0 Å². The van der Waals surface area contributed by atoms with E-state index >= 15 is 0 Å². The number of amides is 2. The van der Waals surface area contributed by atoms with Gasteiger partial charge in [-0.1, -0.05) is 48.5 Å². The molecule has 6 aromatic carbocycles. The fraction of sp³-hybridized carbons (Fsp3) is 0.0571. The van der Waals surface area contributed by atoms with Gasteiger partial charge in [0.2, 0.25) is 0 Å². The third kappa shape index (κ3) is 5.27. The molecule has 0 radical (unpaired) electrons. The maximum absolute atomic E-state index is 14.2. The van der Waals surface area contributed by atoms with Crippen molar-refractivity contribution in [3.8, 4) is 11.5 Å². The zero-order chi connectivity index (χ0) is 40.4. The molecule has 0 saturated carbocycles. The van der Waals surface area contributed by atoms with E-state index in [-0.39, 0.29) is 55.4 Å². The van der Waals surface area contributed by atoms with Crippen LogP contribution in [-0.4, -0.2) is 59.0 Å². The van der Waals surface area contributed by atoms with E-state index in [9.17, 15) is 57.8 Å². The number of anilines is 6. The number of hydrogen-bond acceptors (Lipinski definition) is 11. The molecule has 17 nitrogen and oxygen atoms in total. The molecule has 0 atom stereocenters. The van der Waals surface area contributed by atoms with Crippen LogP contribution in [0.2, 0.25) is 0 Å². The lowest BCUT2D eigenvalue weighted by atomic mass is 10.1. The summed E-state index contributed by atoms with van der Waals surface area (Å²) in [4.78, 5) is 10.8. The van der Waals surface area contributed by atoms with E-state index in [4.69, 9.17) is 0 Å². The molecule has 0 aliphatic carbocycles. The third-order valence-electron chi connectivity index (χ3n) is 9.63. The minimum absolute atomic E-state index is 0.0967. The average Bonchev–Trinajstić information content (AvgIpc) is 3.10. The molecule has 288 valence electrons. The van der Waals surface area contributed by atoms with E-state index in [2.05, 4.69) is 10.6 Å². The lowest BCUT2D eigenvalue weighted by Crippen LogP contribution is -2.35. The number of nitrogens with one attached hydrogen (secondary N) is 2. The molecule has 21 heteroatoms. The summed E-state index contributed by atoms with van der Waals surface area (Å²) < 4.78 is 127. The molecule has 56 heavy (non-hydrogen) atoms. The molecule has 2 amide bonds. The second-order valence-corrected chi connectivity index (χ2v) is 19.1. The number of fused-ring (bicyclic) bond motifs is 8. The van der Waals surface area contributed by atoms with E-state index in [0.29, 0.717) is 8.61 Å². The van der Waals surface area contributed by atoms with Crippen molar-refractivity contribution in [2.75, 3.05) is 19.2 Å². The van der Waals surface area contributed by atoms with Crippen LogP contribution in [-0.2, 0) is 40.3 Å². The number of rotatable bonds is 6. The van der Waals surface area contributed by atoms with Gasteiger partial charge in [-0.25, -0.2) is 30.2 Å². The molecule has 10 rings (SSSR count). The topological polar surface area (TPSA) is 265 Å². The number of nitrogens with zero attached hydrogens (tertiary/aromatic N) is 2. The van der Waals surface area contributed by atoms with Crippen molar-refractivity contribution in [2.45, 2.75) is 33.4 Å². The molecule has 4 aliphatic heterocycles. The normalized spacial score (nSPS) is 15.4. The summed E-state index contributed by atoms with van der Waals surface area (Å²) in [5, 5.41) is 27.8. The fourth-order valence-corrected chi connectivity index (χ4v) is 11.9. The van der Waals surface area contributed by atoms with Crippen LogP contribution in [0, 0.1) is 13.8 Å². The van der Waals surface area contributed by atoms with E-state index in [1.54, 1.807) is 12.1 Å². The predicted molar refractivity (Wildman–Crippen MR) is 205 cm³/mol. The summed E-state index contributed by atoms with van der Waals surface area (Å²) in [5.41, 5.74) is -1.28. The Bertz CT molecular complexity index is 3050. The summed E-state index contributed by atoms with van der Waals surface area (Å²) in [7, 11) is -19.5. The monoisotopic (exact) mass is 838 g/mol. The number of phenols is 2. The Kier molecular flexibility index (Phi) is 7.93. The second-order valence-electron chi connectivity index (χ2n) is 12.8. The van der Waals surface area contributed by atoms with Gasteiger partial charge >= 0.3 is 6.03 Å². The highest BCUT2D eigenvalue weighted by Gasteiger charge is 2.43. The number of hydrogen-bond donors (Lipinski definition) is 6. The summed E-state index contributed by atoms with van der Waals surface area (Å²) >= 11 is 0. The SMILES string of the molecule is Cc1c2ccc(c1NC(=O)Nc1c3ccc(c1C)N(c1c(O)c(S(=O)(=O)O)cc4ccccc14)S3(=O)=O)S(=O)(=O)N2c1c(O)c(S(=O)(=O)O)cc2ccccc12. The maximum atomic E-state index is 14.2. The van der Waals surface area contributed by atoms with Gasteiger partial charge in [-0.2, -0.15) is 16.8 Å². The molecule has 0 aromatic heterocycles. The first kappa shape index (κ1) is 37.0. The number of phenolic OH excluding ortho intramolecular Hbond substituents is 2. The van der Waals surface area contributed by atoms with Crippen LogP contribution in [0.15, 0.2) is 105 Å². The maximum Gasteiger partial charge on any atom is 0.323 e. The number of aromatic hydroxyl groups is 2. The Morgan fingerprint density at radius 3 is 1.30 bits per heavy atom. The number of benzene rings is 6. The third-order valence-corrected chi connectivity index (χ3v) is 14.9. The zero-order valence-corrected chi connectivity index (χ0v) is 31.8. The van der Waals surface area contributed by atoms with Gasteiger partial charge < -0.3 is 20.8 Å². The van der Waals surface area contributed by atoms with Gasteiger partial charge in [0.25, 0.3) is 40.3 Å². The van der Waals surface area contributed by atoms with Crippen LogP contribution in [0.3, 0.4) is 0 Å². The highest BCUT2D eigenvalue weighted by Crippen LogP contribution is 2.54. The van der Waals surface area contributed by atoms with Gasteiger partial charge in [0, 0.05) is 10.8 Å². The number of carbonyl (C=O) groups is 1.